The number of aliphatic hydroxyl groups excluding tert-OH is 1. The predicted octanol–water partition coefficient (Wildman–Crippen LogP) is 2.17. The first kappa shape index (κ1) is 26.0. The molecule has 0 radical (unpaired) electrons. The Labute approximate surface area is 168 Å². The molecule has 0 amide bonds. The lowest BCUT2D eigenvalue weighted by Gasteiger charge is -2.28. The topological polar surface area (TPSA) is 146 Å². The summed E-state index contributed by atoms with van der Waals surface area (Å²) in [4.78, 5) is 58.1. The number of aliphatic hydroxyl groups is 1. The maximum Gasteiger partial charge on any atom is 0.333 e. The highest BCUT2D eigenvalue weighted by Crippen LogP contribution is 2.34. The molecule has 0 fully saturated rings. The van der Waals surface area contributed by atoms with Gasteiger partial charge in [0.15, 0.2) is 0 Å². The van der Waals surface area contributed by atoms with E-state index in [4.69, 9.17) is 14.2 Å². The Morgan fingerprint density at radius 2 is 1.52 bits per heavy atom. The SMILES string of the molecule is C=C(O)CCC(CCC(=O)OCCN=O)(C(C)=O)C(=O)OCCOC(=O)C(=C)C. The lowest BCUT2D eigenvalue weighted by atomic mass is 9.75. The van der Waals surface area contributed by atoms with Crippen LogP contribution in [-0.4, -0.2) is 55.2 Å². The summed E-state index contributed by atoms with van der Waals surface area (Å²) in [7, 11) is 0. The fourth-order valence-electron chi connectivity index (χ4n) is 2.30. The van der Waals surface area contributed by atoms with Crippen molar-refractivity contribution in [1.29, 1.82) is 0 Å². The van der Waals surface area contributed by atoms with Crippen LogP contribution in [0.3, 0.4) is 0 Å². The molecule has 0 heterocycles. The van der Waals surface area contributed by atoms with Gasteiger partial charge in [-0.05, 0) is 26.7 Å². The second kappa shape index (κ2) is 13.2. The molecule has 0 saturated heterocycles. The van der Waals surface area contributed by atoms with Gasteiger partial charge in [-0.1, -0.05) is 18.3 Å². The van der Waals surface area contributed by atoms with Crippen LogP contribution in [0.1, 0.15) is 39.5 Å². The summed E-state index contributed by atoms with van der Waals surface area (Å²) in [6, 6.07) is 0. The Morgan fingerprint density at radius 3 is 2.03 bits per heavy atom. The maximum atomic E-state index is 12.6. The lowest BCUT2D eigenvalue weighted by Crippen LogP contribution is -2.41. The molecule has 0 aromatic heterocycles. The summed E-state index contributed by atoms with van der Waals surface area (Å²) in [6.07, 6.45) is -0.724. The van der Waals surface area contributed by atoms with Gasteiger partial charge in [0.25, 0.3) is 0 Å². The lowest BCUT2D eigenvalue weighted by molar-refractivity contribution is -0.164. The second-order valence-corrected chi connectivity index (χ2v) is 6.33. The third-order valence-corrected chi connectivity index (χ3v) is 4.00. The Kier molecular flexibility index (Phi) is 11.8. The van der Waals surface area contributed by atoms with Crippen LogP contribution in [0, 0.1) is 10.3 Å². The minimum atomic E-state index is -1.72. The molecule has 10 heteroatoms. The molecule has 0 aliphatic heterocycles. The molecule has 0 aromatic carbocycles. The predicted molar refractivity (Wildman–Crippen MR) is 102 cm³/mol. The molecule has 10 nitrogen and oxygen atoms in total. The van der Waals surface area contributed by atoms with Crippen molar-refractivity contribution in [1.82, 2.24) is 0 Å². The van der Waals surface area contributed by atoms with Crippen molar-refractivity contribution in [3.8, 4) is 0 Å². The molecule has 0 spiro atoms. The molecule has 0 bridgehead atoms. The minimum Gasteiger partial charge on any atom is -0.513 e. The average Bonchev–Trinajstić information content (AvgIpc) is 2.64. The van der Waals surface area contributed by atoms with E-state index in [0.717, 1.165) is 0 Å². The number of carbonyl (C=O) groups is 4. The van der Waals surface area contributed by atoms with E-state index in [-0.39, 0.29) is 63.4 Å². The summed E-state index contributed by atoms with van der Waals surface area (Å²) >= 11 is 0. The van der Waals surface area contributed by atoms with Crippen LogP contribution < -0.4 is 0 Å². The first-order valence-corrected chi connectivity index (χ1v) is 8.89. The van der Waals surface area contributed by atoms with Gasteiger partial charge in [-0.3, -0.25) is 14.4 Å². The van der Waals surface area contributed by atoms with Crippen molar-refractivity contribution in [2.24, 2.45) is 10.6 Å². The zero-order valence-electron chi connectivity index (χ0n) is 16.7. The molecule has 1 unspecified atom stereocenters. The Balaban J connectivity index is 5.10. The van der Waals surface area contributed by atoms with E-state index < -0.39 is 29.1 Å². The van der Waals surface area contributed by atoms with E-state index in [0.29, 0.717) is 0 Å². The van der Waals surface area contributed by atoms with Crippen molar-refractivity contribution < 1.29 is 38.5 Å². The van der Waals surface area contributed by atoms with Gasteiger partial charge in [-0.15, -0.1) is 0 Å². The maximum absolute atomic E-state index is 12.6. The quantitative estimate of drug-likeness (QED) is 0.0811. The van der Waals surface area contributed by atoms with Crippen LogP contribution in [0.2, 0.25) is 0 Å². The second-order valence-electron chi connectivity index (χ2n) is 6.33. The molecule has 1 N–H and O–H groups in total. The number of ketones is 1. The third-order valence-electron chi connectivity index (χ3n) is 4.00. The number of esters is 3. The largest absolute Gasteiger partial charge is 0.513 e. The van der Waals surface area contributed by atoms with E-state index in [1.165, 1.54) is 13.8 Å². The Hall–Kier alpha value is -3.04. The van der Waals surface area contributed by atoms with Gasteiger partial charge in [-0.2, -0.15) is 4.91 Å². The summed E-state index contributed by atoms with van der Waals surface area (Å²) in [5, 5.41) is 11.9. The van der Waals surface area contributed by atoms with Crippen molar-refractivity contribution in [2.45, 2.75) is 39.5 Å². The molecule has 0 rings (SSSR count). The highest BCUT2D eigenvalue weighted by Gasteiger charge is 2.44. The number of Topliss-reactive ketones (excluding diaryl/α,β-unsaturated/α-hetero) is 1. The van der Waals surface area contributed by atoms with Crippen molar-refractivity contribution in [2.75, 3.05) is 26.4 Å². The molecule has 0 saturated carbocycles. The van der Waals surface area contributed by atoms with Crippen molar-refractivity contribution >= 4 is 23.7 Å². The number of allylic oxidation sites excluding steroid dienone is 1. The molecule has 0 aromatic rings. The standard InChI is InChI=1S/C19H27NO9/c1-13(2)17(24)28-11-12-29-18(25)19(15(4)22,7-5-14(3)21)8-6-16(23)27-10-9-20-26/h21H,1,3,5-12H2,2,4H3. The summed E-state index contributed by atoms with van der Waals surface area (Å²) in [5.74, 6) is -3.09. The Morgan fingerprint density at radius 1 is 0.931 bits per heavy atom. The number of hydrogen-bond donors (Lipinski definition) is 1. The summed E-state index contributed by atoms with van der Waals surface area (Å²) < 4.78 is 14.7. The van der Waals surface area contributed by atoms with Crippen LogP contribution in [-0.2, 0) is 33.4 Å². The zero-order valence-corrected chi connectivity index (χ0v) is 16.7. The van der Waals surface area contributed by atoms with E-state index >= 15 is 0 Å². The van der Waals surface area contributed by atoms with Gasteiger partial charge in [-0.25, -0.2) is 4.79 Å². The number of rotatable bonds is 15. The first-order valence-electron chi connectivity index (χ1n) is 8.89. The van der Waals surface area contributed by atoms with E-state index in [9.17, 15) is 29.2 Å². The van der Waals surface area contributed by atoms with Crippen molar-refractivity contribution in [3.05, 3.63) is 29.4 Å². The van der Waals surface area contributed by atoms with Crippen LogP contribution in [0.15, 0.2) is 29.7 Å². The number of carbonyl (C=O) groups excluding carboxylic acids is 4. The number of ether oxygens (including phenoxy) is 3. The minimum absolute atomic E-state index is 0.0660. The normalized spacial score (nSPS) is 12.2. The molecule has 0 aliphatic rings. The molecule has 1 atom stereocenters. The van der Waals surface area contributed by atoms with Gasteiger partial charge >= 0.3 is 17.9 Å². The summed E-state index contributed by atoms with van der Waals surface area (Å²) in [6.45, 7) is 8.42. The number of nitroso groups, excluding NO2 is 1. The van der Waals surface area contributed by atoms with Crippen LogP contribution in [0.4, 0.5) is 0 Å². The smallest absolute Gasteiger partial charge is 0.333 e. The molecule has 0 aliphatic carbocycles. The fraction of sp³-hybridized carbons (Fsp3) is 0.579. The van der Waals surface area contributed by atoms with Gasteiger partial charge in [0.2, 0.25) is 0 Å². The van der Waals surface area contributed by atoms with Crippen LogP contribution in [0.25, 0.3) is 0 Å². The van der Waals surface area contributed by atoms with E-state index in [1.807, 2.05) is 0 Å². The van der Waals surface area contributed by atoms with Crippen LogP contribution >= 0.6 is 0 Å². The van der Waals surface area contributed by atoms with Gasteiger partial charge < -0.3 is 19.3 Å². The zero-order chi connectivity index (χ0) is 22.4. The monoisotopic (exact) mass is 413 g/mol. The molecule has 29 heavy (non-hydrogen) atoms. The summed E-state index contributed by atoms with van der Waals surface area (Å²) in [5.41, 5.74) is -1.54. The number of nitrogens with zero attached hydrogens (tertiary/aromatic N) is 1. The highest BCUT2D eigenvalue weighted by molar-refractivity contribution is 6.03. The van der Waals surface area contributed by atoms with Gasteiger partial charge in [0.05, 0.1) is 5.76 Å². The van der Waals surface area contributed by atoms with E-state index in [2.05, 4.69) is 18.3 Å². The molecular formula is C19H27NO9. The third kappa shape index (κ3) is 9.63. The first-order chi connectivity index (χ1) is 13.6. The molecular weight excluding hydrogens is 386 g/mol. The highest BCUT2D eigenvalue weighted by atomic mass is 16.6. The van der Waals surface area contributed by atoms with Crippen LogP contribution in [0.5, 0.6) is 0 Å². The van der Waals surface area contributed by atoms with Crippen molar-refractivity contribution in [3.63, 3.8) is 0 Å². The van der Waals surface area contributed by atoms with Gasteiger partial charge in [0, 0.05) is 18.4 Å². The van der Waals surface area contributed by atoms with Gasteiger partial charge in [0.1, 0.15) is 37.6 Å². The average molecular weight is 413 g/mol. The van der Waals surface area contributed by atoms with E-state index in [1.54, 1.807) is 0 Å². The number of hydrogen-bond acceptors (Lipinski definition) is 10. The Bertz CT molecular complexity index is 656. The molecule has 162 valence electrons. The fourth-order valence-corrected chi connectivity index (χ4v) is 2.30.